The molecule has 2 aromatic carbocycles. The zero-order chi connectivity index (χ0) is 15.2. The normalized spacial score (nSPS) is 10.1. The molecular weight excluding hydrogens is 266 g/mol. The molecule has 2 amide bonds. The van der Waals surface area contributed by atoms with Crippen molar-refractivity contribution < 1.29 is 9.59 Å². The van der Waals surface area contributed by atoms with Crippen molar-refractivity contribution in [1.82, 2.24) is 5.32 Å². The lowest BCUT2D eigenvalue weighted by molar-refractivity contribution is 0.0950. The van der Waals surface area contributed by atoms with Crippen molar-refractivity contribution in [3.63, 3.8) is 0 Å². The highest BCUT2D eigenvalue weighted by Crippen LogP contribution is 2.06. The second kappa shape index (κ2) is 6.67. The number of nitrogens with one attached hydrogen (secondary N) is 1. The average molecular weight is 283 g/mol. The van der Waals surface area contributed by atoms with Gasteiger partial charge >= 0.3 is 0 Å². The minimum absolute atomic E-state index is 0.178. The molecule has 0 atom stereocenters. The SMILES string of the molecule is NCc1ccc(C(=O)NCc2cccc(C(N)=O)c2)cc1. The summed E-state index contributed by atoms with van der Waals surface area (Å²) >= 11 is 0. The Balaban J connectivity index is 2.00. The fourth-order valence-corrected chi connectivity index (χ4v) is 1.91. The maximum atomic E-state index is 12.0. The van der Waals surface area contributed by atoms with Crippen LogP contribution in [0.5, 0.6) is 0 Å². The second-order valence-corrected chi connectivity index (χ2v) is 4.65. The second-order valence-electron chi connectivity index (χ2n) is 4.65. The van der Waals surface area contributed by atoms with Crippen molar-refractivity contribution in [2.75, 3.05) is 0 Å². The van der Waals surface area contributed by atoms with E-state index < -0.39 is 5.91 Å². The van der Waals surface area contributed by atoms with Crippen LogP contribution in [0.3, 0.4) is 0 Å². The first-order chi connectivity index (χ1) is 10.1. The topological polar surface area (TPSA) is 98.2 Å². The third kappa shape index (κ3) is 3.90. The van der Waals surface area contributed by atoms with Gasteiger partial charge in [0.05, 0.1) is 0 Å². The quantitative estimate of drug-likeness (QED) is 0.768. The number of primary amides is 1. The van der Waals surface area contributed by atoms with E-state index in [1.54, 1.807) is 30.3 Å². The summed E-state index contributed by atoms with van der Waals surface area (Å²) in [5.41, 5.74) is 13.5. The molecule has 0 saturated carbocycles. The molecule has 5 N–H and O–H groups in total. The largest absolute Gasteiger partial charge is 0.366 e. The van der Waals surface area contributed by atoms with Crippen LogP contribution in [0.25, 0.3) is 0 Å². The third-order valence-electron chi connectivity index (χ3n) is 3.12. The van der Waals surface area contributed by atoms with Gasteiger partial charge in [-0.05, 0) is 35.4 Å². The van der Waals surface area contributed by atoms with Crippen LogP contribution in [0.15, 0.2) is 48.5 Å². The van der Waals surface area contributed by atoms with E-state index in [0.29, 0.717) is 24.2 Å². The van der Waals surface area contributed by atoms with E-state index in [1.807, 2.05) is 18.2 Å². The molecule has 0 fully saturated rings. The minimum Gasteiger partial charge on any atom is -0.366 e. The molecule has 21 heavy (non-hydrogen) atoms. The molecule has 0 bridgehead atoms. The molecule has 0 saturated heterocycles. The summed E-state index contributed by atoms with van der Waals surface area (Å²) in [6, 6.07) is 14.0. The zero-order valence-electron chi connectivity index (χ0n) is 11.5. The van der Waals surface area contributed by atoms with Gasteiger partial charge in [-0.25, -0.2) is 0 Å². The Bertz CT molecular complexity index is 651. The van der Waals surface area contributed by atoms with Gasteiger partial charge in [0.15, 0.2) is 0 Å². The highest BCUT2D eigenvalue weighted by atomic mass is 16.2. The number of carbonyl (C=O) groups is 2. The van der Waals surface area contributed by atoms with Crippen LogP contribution >= 0.6 is 0 Å². The Hall–Kier alpha value is -2.66. The number of amides is 2. The first kappa shape index (κ1) is 14.7. The van der Waals surface area contributed by atoms with Crippen molar-refractivity contribution in [3.8, 4) is 0 Å². The maximum absolute atomic E-state index is 12.0. The molecule has 2 rings (SSSR count). The van der Waals surface area contributed by atoms with Crippen molar-refractivity contribution in [1.29, 1.82) is 0 Å². The summed E-state index contributed by atoms with van der Waals surface area (Å²) in [6.07, 6.45) is 0. The first-order valence-electron chi connectivity index (χ1n) is 6.56. The van der Waals surface area contributed by atoms with Gasteiger partial charge in [-0.3, -0.25) is 9.59 Å². The number of benzene rings is 2. The molecule has 108 valence electrons. The Morgan fingerprint density at radius 3 is 2.29 bits per heavy atom. The molecule has 0 aliphatic heterocycles. The van der Waals surface area contributed by atoms with Gasteiger partial charge in [0.1, 0.15) is 0 Å². The van der Waals surface area contributed by atoms with E-state index in [4.69, 9.17) is 11.5 Å². The summed E-state index contributed by atoms with van der Waals surface area (Å²) < 4.78 is 0. The Labute approximate surface area is 123 Å². The summed E-state index contributed by atoms with van der Waals surface area (Å²) in [4.78, 5) is 23.1. The van der Waals surface area contributed by atoms with E-state index >= 15 is 0 Å². The van der Waals surface area contributed by atoms with Gasteiger partial charge in [-0.1, -0.05) is 24.3 Å². The summed E-state index contributed by atoms with van der Waals surface area (Å²) in [5.74, 6) is -0.663. The molecule has 2 aromatic rings. The molecule has 5 heteroatoms. The molecule has 0 aliphatic carbocycles. The summed E-state index contributed by atoms with van der Waals surface area (Å²) in [5, 5.41) is 2.80. The van der Waals surface area contributed by atoms with Gasteiger partial charge in [0.25, 0.3) is 5.91 Å². The molecule has 0 heterocycles. The lowest BCUT2D eigenvalue weighted by Gasteiger charge is -2.07. The van der Waals surface area contributed by atoms with Gasteiger partial charge in [0.2, 0.25) is 5.91 Å². The Morgan fingerprint density at radius 2 is 1.67 bits per heavy atom. The van der Waals surface area contributed by atoms with Gasteiger partial charge < -0.3 is 16.8 Å². The van der Waals surface area contributed by atoms with Crippen LogP contribution in [0.4, 0.5) is 0 Å². The average Bonchev–Trinajstić information content (AvgIpc) is 2.53. The van der Waals surface area contributed by atoms with Crippen molar-refractivity contribution in [3.05, 3.63) is 70.8 Å². The number of carbonyl (C=O) groups excluding carboxylic acids is 2. The first-order valence-corrected chi connectivity index (χ1v) is 6.56. The molecule has 0 spiro atoms. The lowest BCUT2D eigenvalue weighted by Crippen LogP contribution is -2.23. The van der Waals surface area contributed by atoms with Crippen LogP contribution in [0.1, 0.15) is 31.8 Å². The molecule has 0 radical (unpaired) electrons. The van der Waals surface area contributed by atoms with Gasteiger partial charge in [-0.15, -0.1) is 0 Å². The van der Waals surface area contributed by atoms with E-state index in [2.05, 4.69) is 5.32 Å². The third-order valence-corrected chi connectivity index (χ3v) is 3.12. The predicted octanol–water partition coefficient (Wildman–Crippen LogP) is 1.17. The molecular formula is C16H17N3O2. The van der Waals surface area contributed by atoms with Crippen molar-refractivity contribution in [2.24, 2.45) is 11.5 Å². The molecule has 5 nitrogen and oxygen atoms in total. The molecule has 0 unspecified atom stereocenters. The maximum Gasteiger partial charge on any atom is 0.251 e. The van der Waals surface area contributed by atoms with Crippen LogP contribution < -0.4 is 16.8 Å². The van der Waals surface area contributed by atoms with E-state index in [0.717, 1.165) is 11.1 Å². The standard InChI is InChI=1S/C16H17N3O2/c17-9-11-4-6-13(7-5-11)16(21)19-10-12-2-1-3-14(8-12)15(18)20/h1-8H,9-10,17H2,(H2,18,20)(H,19,21). The summed E-state index contributed by atoms with van der Waals surface area (Å²) in [6.45, 7) is 0.778. The smallest absolute Gasteiger partial charge is 0.251 e. The monoisotopic (exact) mass is 283 g/mol. The van der Waals surface area contributed by atoms with Crippen LogP contribution in [-0.4, -0.2) is 11.8 Å². The highest BCUT2D eigenvalue weighted by molar-refractivity contribution is 5.94. The van der Waals surface area contributed by atoms with Crippen LogP contribution in [-0.2, 0) is 13.1 Å². The summed E-state index contributed by atoms with van der Waals surface area (Å²) in [7, 11) is 0. The minimum atomic E-state index is -0.486. The fraction of sp³-hybridized carbons (Fsp3) is 0.125. The number of hydrogen-bond acceptors (Lipinski definition) is 3. The van der Waals surface area contributed by atoms with Crippen molar-refractivity contribution in [2.45, 2.75) is 13.1 Å². The Morgan fingerprint density at radius 1 is 0.952 bits per heavy atom. The highest BCUT2D eigenvalue weighted by Gasteiger charge is 2.06. The Kier molecular flexibility index (Phi) is 4.68. The van der Waals surface area contributed by atoms with E-state index in [-0.39, 0.29) is 5.91 Å². The number of rotatable bonds is 5. The fourth-order valence-electron chi connectivity index (χ4n) is 1.91. The van der Waals surface area contributed by atoms with Crippen molar-refractivity contribution >= 4 is 11.8 Å². The lowest BCUT2D eigenvalue weighted by atomic mass is 10.1. The number of nitrogens with two attached hydrogens (primary N) is 2. The van der Waals surface area contributed by atoms with Crippen LogP contribution in [0, 0.1) is 0 Å². The number of hydrogen-bond donors (Lipinski definition) is 3. The van der Waals surface area contributed by atoms with Gasteiger partial charge in [-0.2, -0.15) is 0 Å². The van der Waals surface area contributed by atoms with Crippen LogP contribution in [0.2, 0.25) is 0 Å². The van der Waals surface area contributed by atoms with E-state index in [9.17, 15) is 9.59 Å². The van der Waals surface area contributed by atoms with Gasteiger partial charge in [0, 0.05) is 24.2 Å². The molecule has 0 aromatic heterocycles. The molecule has 0 aliphatic rings. The predicted molar refractivity (Wildman–Crippen MR) is 80.5 cm³/mol. The zero-order valence-corrected chi connectivity index (χ0v) is 11.5. The van der Waals surface area contributed by atoms with E-state index in [1.165, 1.54) is 0 Å².